The third-order valence-corrected chi connectivity index (χ3v) is 6.23. The Morgan fingerprint density at radius 1 is 1.30 bits per heavy atom. The molecule has 0 aliphatic carbocycles. The first-order chi connectivity index (χ1) is 11.2. The summed E-state index contributed by atoms with van der Waals surface area (Å²) in [7, 11) is 0. The van der Waals surface area contributed by atoms with Gasteiger partial charge in [-0.3, -0.25) is 4.90 Å². The van der Waals surface area contributed by atoms with Gasteiger partial charge in [-0.1, -0.05) is 12.1 Å². The van der Waals surface area contributed by atoms with Gasteiger partial charge in [-0.05, 0) is 43.2 Å². The Bertz CT molecular complexity index is 484. The fourth-order valence-electron chi connectivity index (χ4n) is 3.55. The SMILES string of the molecule is C[C@@H](Cc1ccc(F)cc1)NC[C@@]1(N2CCOCC2)CCSC1. The van der Waals surface area contributed by atoms with Crippen molar-refractivity contribution in [3.8, 4) is 0 Å². The average molecular weight is 338 g/mol. The van der Waals surface area contributed by atoms with Gasteiger partial charge in [-0.15, -0.1) is 0 Å². The minimum Gasteiger partial charge on any atom is -0.379 e. The van der Waals surface area contributed by atoms with E-state index in [2.05, 4.69) is 28.9 Å². The maximum atomic E-state index is 13.0. The van der Waals surface area contributed by atoms with Crippen molar-refractivity contribution in [2.24, 2.45) is 0 Å². The van der Waals surface area contributed by atoms with Crippen molar-refractivity contribution in [1.82, 2.24) is 10.2 Å². The molecule has 2 heterocycles. The Morgan fingerprint density at radius 2 is 2.04 bits per heavy atom. The maximum absolute atomic E-state index is 13.0. The highest BCUT2D eigenvalue weighted by Gasteiger charge is 2.40. The molecule has 0 aromatic heterocycles. The summed E-state index contributed by atoms with van der Waals surface area (Å²) in [6.07, 6.45) is 2.19. The van der Waals surface area contributed by atoms with E-state index in [4.69, 9.17) is 4.74 Å². The van der Waals surface area contributed by atoms with Crippen LogP contribution in [0.2, 0.25) is 0 Å². The summed E-state index contributed by atoms with van der Waals surface area (Å²) in [5.41, 5.74) is 1.47. The molecular formula is C18H27FN2OS. The van der Waals surface area contributed by atoms with Crippen LogP contribution >= 0.6 is 11.8 Å². The number of morpholine rings is 1. The van der Waals surface area contributed by atoms with Crippen LogP contribution in [0.25, 0.3) is 0 Å². The van der Waals surface area contributed by atoms with Gasteiger partial charge in [0.15, 0.2) is 0 Å². The Kier molecular flexibility index (Phi) is 5.96. The lowest BCUT2D eigenvalue weighted by molar-refractivity contribution is -0.0139. The molecule has 0 bridgehead atoms. The number of hydrogen-bond donors (Lipinski definition) is 1. The van der Waals surface area contributed by atoms with Crippen molar-refractivity contribution in [2.45, 2.75) is 31.3 Å². The first kappa shape index (κ1) is 17.2. The number of benzene rings is 1. The third kappa shape index (κ3) is 4.47. The third-order valence-electron chi connectivity index (χ3n) is 5.00. The van der Waals surface area contributed by atoms with E-state index in [9.17, 15) is 4.39 Å². The molecule has 1 aromatic rings. The van der Waals surface area contributed by atoms with Crippen LogP contribution < -0.4 is 5.32 Å². The van der Waals surface area contributed by atoms with Gasteiger partial charge in [0.2, 0.25) is 0 Å². The zero-order valence-electron chi connectivity index (χ0n) is 13.9. The number of nitrogens with zero attached hydrogens (tertiary/aromatic N) is 1. The molecule has 2 aliphatic rings. The lowest BCUT2D eigenvalue weighted by atomic mass is 9.94. The first-order valence-corrected chi connectivity index (χ1v) is 9.72. The smallest absolute Gasteiger partial charge is 0.123 e. The summed E-state index contributed by atoms with van der Waals surface area (Å²) in [6.45, 7) is 7.07. The van der Waals surface area contributed by atoms with E-state index in [0.717, 1.165) is 39.3 Å². The van der Waals surface area contributed by atoms with Gasteiger partial charge < -0.3 is 10.1 Å². The standard InChI is InChI=1S/C18H27FN2OS/c1-15(12-16-2-4-17(19)5-3-16)20-13-18(6-11-23-14-18)21-7-9-22-10-8-21/h2-5,15,20H,6-14H2,1H3/t15-,18-/m0/s1. The largest absolute Gasteiger partial charge is 0.379 e. The van der Waals surface area contributed by atoms with Crippen LogP contribution in [0.5, 0.6) is 0 Å². The molecule has 2 fully saturated rings. The lowest BCUT2D eigenvalue weighted by Gasteiger charge is -2.43. The van der Waals surface area contributed by atoms with E-state index in [1.165, 1.54) is 23.5 Å². The minimum atomic E-state index is -0.163. The highest BCUT2D eigenvalue weighted by atomic mass is 32.2. The summed E-state index contributed by atoms with van der Waals surface area (Å²) >= 11 is 2.07. The molecule has 2 atom stereocenters. The molecule has 3 nitrogen and oxygen atoms in total. The molecular weight excluding hydrogens is 311 g/mol. The van der Waals surface area contributed by atoms with Gasteiger partial charge in [-0.25, -0.2) is 4.39 Å². The monoisotopic (exact) mass is 338 g/mol. The molecule has 0 amide bonds. The zero-order valence-corrected chi connectivity index (χ0v) is 14.7. The Labute approximate surface area is 143 Å². The van der Waals surface area contributed by atoms with Crippen LogP contribution in [-0.2, 0) is 11.2 Å². The highest BCUT2D eigenvalue weighted by Crippen LogP contribution is 2.33. The van der Waals surface area contributed by atoms with E-state index in [0.29, 0.717) is 6.04 Å². The Balaban J connectivity index is 1.54. The quantitative estimate of drug-likeness (QED) is 0.862. The van der Waals surface area contributed by atoms with Crippen molar-refractivity contribution in [2.75, 3.05) is 44.4 Å². The molecule has 128 valence electrons. The van der Waals surface area contributed by atoms with Gasteiger partial charge in [0.05, 0.1) is 13.2 Å². The number of rotatable bonds is 6. The van der Waals surface area contributed by atoms with E-state index < -0.39 is 0 Å². The van der Waals surface area contributed by atoms with Crippen LogP contribution in [0.4, 0.5) is 4.39 Å². The fraction of sp³-hybridized carbons (Fsp3) is 0.667. The second-order valence-electron chi connectivity index (χ2n) is 6.74. The van der Waals surface area contributed by atoms with Crippen LogP contribution in [0.15, 0.2) is 24.3 Å². The number of hydrogen-bond acceptors (Lipinski definition) is 4. The van der Waals surface area contributed by atoms with E-state index >= 15 is 0 Å². The first-order valence-electron chi connectivity index (χ1n) is 8.56. The van der Waals surface area contributed by atoms with E-state index in [1.807, 2.05) is 12.1 Å². The topological polar surface area (TPSA) is 24.5 Å². The number of halogens is 1. The lowest BCUT2D eigenvalue weighted by Crippen LogP contribution is -2.59. The normalized spacial score (nSPS) is 27.2. The molecule has 2 saturated heterocycles. The molecule has 0 unspecified atom stereocenters. The van der Waals surface area contributed by atoms with Crippen LogP contribution in [0, 0.1) is 5.82 Å². The predicted molar refractivity (Wildman–Crippen MR) is 94.6 cm³/mol. The van der Waals surface area contributed by atoms with Gasteiger partial charge in [0.25, 0.3) is 0 Å². The summed E-state index contributed by atoms with van der Waals surface area (Å²) < 4.78 is 18.5. The number of ether oxygens (including phenoxy) is 1. The van der Waals surface area contributed by atoms with Gasteiger partial charge in [0, 0.05) is 37.0 Å². The molecule has 23 heavy (non-hydrogen) atoms. The van der Waals surface area contributed by atoms with Gasteiger partial charge in [-0.2, -0.15) is 11.8 Å². The molecule has 0 spiro atoms. The Hall–Kier alpha value is -0.620. The molecule has 5 heteroatoms. The fourth-order valence-corrected chi connectivity index (χ4v) is 5.02. The van der Waals surface area contributed by atoms with Crippen molar-refractivity contribution < 1.29 is 9.13 Å². The Morgan fingerprint density at radius 3 is 2.70 bits per heavy atom. The minimum absolute atomic E-state index is 0.163. The summed E-state index contributed by atoms with van der Waals surface area (Å²) in [6, 6.07) is 7.26. The molecule has 1 aromatic carbocycles. The predicted octanol–water partition coefficient (Wildman–Crippen LogP) is 2.55. The maximum Gasteiger partial charge on any atom is 0.123 e. The van der Waals surface area contributed by atoms with Gasteiger partial charge in [0.1, 0.15) is 5.82 Å². The van der Waals surface area contributed by atoms with Gasteiger partial charge >= 0.3 is 0 Å². The molecule has 0 saturated carbocycles. The summed E-state index contributed by atoms with van der Waals surface area (Å²) in [4.78, 5) is 2.63. The molecule has 3 rings (SSSR count). The molecule has 0 radical (unpaired) electrons. The molecule has 1 N–H and O–H groups in total. The van der Waals surface area contributed by atoms with E-state index in [1.54, 1.807) is 12.1 Å². The van der Waals surface area contributed by atoms with Crippen molar-refractivity contribution in [1.29, 1.82) is 0 Å². The van der Waals surface area contributed by atoms with Crippen LogP contribution in [0.1, 0.15) is 18.9 Å². The van der Waals surface area contributed by atoms with Crippen molar-refractivity contribution in [3.05, 3.63) is 35.6 Å². The summed E-state index contributed by atoms with van der Waals surface area (Å²) in [5, 5.41) is 3.74. The van der Waals surface area contributed by atoms with Crippen LogP contribution in [0.3, 0.4) is 0 Å². The van der Waals surface area contributed by atoms with Crippen LogP contribution in [-0.4, -0.2) is 60.8 Å². The second-order valence-corrected chi connectivity index (χ2v) is 7.84. The number of thioether (sulfide) groups is 1. The second kappa shape index (κ2) is 7.97. The highest BCUT2D eigenvalue weighted by molar-refractivity contribution is 7.99. The van der Waals surface area contributed by atoms with Crippen molar-refractivity contribution in [3.63, 3.8) is 0 Å². The number of nitrogens with one attached hydrogen (secondary N) is 1. The van der Waals surface area contributed by atoms with Crippen molar-refractivity contribution >= 4 is 11.8 Å². The van der Waals surface area contributed by atoms with E-state index in [-0.39, 0.29) is 11.4 Å². The summed E-state index contributed by atoms with van der Waals surface area (Å²) in [5.74, 6) is 2.30. The molecule has 2 aliphatic heterocycles. The average Bonchev–Trinajstić information content (AvgIpc) is 3.06. The zero-order chi connectivity index (χ0) is 16.1.